The highest BCUT2D eigenvalue weighted by Crippen LogP contribution is 2.29. The molecule has 19 heavy (non-hydrogen) atoms. The van der Waals surface area contributed by atoms with E-state index in [0.717, 1.165) is 38.0 Å². The molecule has 0 saturated carbocycles. The van der Waals surface area contributed by atoms with Crippen LogP contribution >= 0.6 is 0 Å². The van der Waals surface area contributed by atoms with E-state index in [0.29, 0.717) is 6.04 Å². The maximum Gasteiger partial charge on any atom is 0.223 e. The van der Waals surface area contributed by atoms with E-state index in [4.69, 9.17) is 0 Å². The van der Waals surface area contributed by atoms with Crippen LogP contribution in [0.15, 0.2) is 18.2 Å². The normalized spacial score (nSPS) is 15.4. The second kappa shape index (κ2) is 6.20. The molecule has 0 spiro atoms. The molecule has 0 radical (unpaired) electrons. The Labute approximate surface area is 116 Å². The van der Waals surface area contributed by atoms with Crippen molar-refractivity contribution in [3.05, 3.63) is 29.3 Å². The Morgan fingerprint density at radius 2 is 2.21 bits per heavy atom. The number of likely N-dealkylation sites (N-methyl/N-ethyl adjacent to an activating group) is 1. The third-order valence-corrected chi connectivity index (χ3v) is 3.89. The first-order valence-corrected chi connectivity index (χ1v) is 7.29. The van der Waals surface area contributed by atoms with Gasteiger partial charge in [0, 0.05) is 25.2 Å². The van der Waals surface area contributed by atoms with E-state index in [2.05, 4.69) is 37.4 Å². The van der Waals surface area contributed by atoms with Gasteiger partial charge < -0.3 is 10.2 Å². The number of benzene rings is 1. The summed E-state index contributed by atoms with van der Waals surface area (Å²) in [4.78, 5) is 13.4. The minimum atomic E-state index is 0.144. The first-order chi connectivity index (χ1) is 9.15. The standard InChI is InChI=1S/C16H24N2O/c1-4-15(17-5-2)11-13-6-7-16-14(10-13)8-9-18(16)12(3)19/h6-7,10,15,17H,4-5,8-9,11H2,1-3H3. The van der Waals surface area contributed by atoms with Crippen LogP contribution in [0.3, 0.4) is 0 Å². The first-order valence-electron chi connectivity index (χ1n) is 7.29. The fourth-order valence-electron chi connectivity index (χ4n) is 2.84. The van der Waals surface area contributed by atoms with E-state index in [1.807, 2.05) is 4.90 Å². The Kier molecular flexibility index (Phi) is 4.59. The van der Waals surface area contributed by atoms with Crippen molar-refractivity contribution in [1.82, 2.24) is 5.32 Å². The summed E-state index contributed by atoms with van der Waals surface area (Å²) in [5.74, 6) is 0.144. The average molecular weight is 260 g/mol. The minimum Gasteiger partial charge on any atom is -0.314 e. The molecule has 1 atom stereocenters. The lowest BCUT2D eigenvalue weighted by Crippen LogP contribution is -2.30. The van der Waals surface area contributed by atoms with Crippen LogP contribution in [0.2, 0.25) is 0 Å². The number of hydrogen-bond donors (Lipinski definition) is 1. The fourth-order valence-corrected chi connectivity index (χ4v) is 2.84. The van der Waals surface area contributed by atoms with Gasteiger partial charge in [0.25, 0.3) is 0 Å². The predicted octanol–water partition coefficient (Wildman–Crippen LogP) is 2.53. The molecule has 1 unspecified atom stereocenters. The summed E-state index contributed by atoms with van der Waals surface area (Å²) in [6.45, 7) is 7.86. The van der Waals surface area contributed by atoms with Gasteiger partial charge in [0.05, 0.1) is 0 Å². The Balaban J connectivity index is 2.12. The summed E-state index contributed by atoms with van der Waals surface area (Å²) < 4.78 is 0. The van der Waals surface area contributed by atoms with Crippen LogP contribution in [0.4, 0.5) is 5.69 Å². The highest BCUT2D eigenvalue weighted by atomic mass is 16.2. The Morgan fingerprint density at radius 3 is 2.84 bits per heavy atom. The third kappa shape index (κ3) is 3.16. The van der Waals surface area contributed by atoms with Crippen LogP contribution in [-0.4, -0.2) is 25.0 Å². The number of carbonyl (C=O) groups is 1. The van der Waals surface area contributed by atoms with Crippen molar-refractivity contribution in [2.45, 2.75) is 46.1 Å². The van der Waals surface area contributed by atoms with Crippen LogP contribution in [0.25, 0.3) is 0 Å². The molecule has 104 valence electrons. The molecular weight excluding hydrogens is 236 g/mol. The van der Waals surface area contributed by atoms with E-state index >= 15 is 0 Å². The van der Waals surface area contributed by atoms with Crippen molar-refractivity contribution in [3.63, 3.8) is 0 Å². The summed E-state index contributed by atoms with van der Waals surface area (Å²) in [6.07, 6.45) is 3.20. The molecule has 0 fully saturated rings. The van der Waals surface area contributed by atoms with Crippen LogP contribution in [-0.2, 0) is 17.6 Å². The van der Waals surface area contributed by atoms with Gasteiger partial charge in [0.1, 0.15) is 0 Å². The summed E-state index contributed by atoms with van der Waals surface area (Å²) in [5.41, 5.74) is 3.80. The van der Waals surface area contributed by atoms with Gasteiger partial charge in [-0.3, -0.25) is 4.79 Å². The van der Waals surface area contributed by atoms with Gasteiger partial charge in [-0.15, -0.1) is 0 Å². The maximum absolute atomic E-state index is 11.5. The Morgan fingerprint density at radius 1 is 1.42 bits per heavy atom. The monoisotopic (exact) mass is 260 g/mol. The second-order valence-electron chi connectivity index (χ2n) is 5.25. The van der Waals surface area contributed by atoms with Gasteiger partial charge in [-0.25, -0.2) is 0 Å². The minimum absolute atomic E-state index is 0.144. The van der Waals surface area contributed by atoms with Gasteiger partial charge in [-0.1, -0.05) is 26.0 Å². The molecule has 1 heterocycles. The fraction of sp³-hybridized carbons (Fsp3) is 0.562. The largest absolute Gasteiger partial charge is 0.314 e. The highest BCUT2D eigenvalue weighted by Gasteiger charge is 2.22. The molecule has 3 nitrogen and oxygen atoms in total. The SMILES string of the molecule is CCNC(CC)Cc1ccc2c(c1)CCN2C(C)=O. The molecule has 0 bridgehead atoms. The van der Waals surface area contributed by atoms with E-state index in [1.54, 1.807) is 6.92 Å². The molecule has 1 aromatic carbocycles. The number of hydrogen-bond acceptors (Lipinski definition) is 2. The first kappa shape index (κ1) is 14.1. The molecule has 3 heteroatoms. The summed E-state index contributed by atoms with van der Waals surface area (Å²) in [6, 6.07) is 7.10. The van der Waals surface area contributed by atoms with Crippen LogP contribution in [0.5, 0.6) is 0 Å². The Bertz CT molecular complexity index is 456. The lowest BCUT2D eigenvalue weighted by Gasteiger charge is -2.17. The second-order valence-corrected chi connectivity index (χ2v) is 5.25. The van der Waals surface area contributed by atoms with Crippen molar-refractivity contribution in [1.29, 1.82) is 0 Å². The number of fused-ring (bicyclic) bond motifs is 1. The van der Waals surface area contributed by atoms with E-state index < -0.39 is 0 Å². The summed E-state index contributed by atoms with van der Waals surface area (Å²) in [7, 11) is 0. The number of anilines is 1. The Hall–Kier alpha value is -1.35. The maximum atomic E-state index is 11.5. The van der Waals surface area contributed by atoms with Crippen molar-refractivity contribution in [2.24, 2.45) is 0 Å². The molecule has 1 amide bonds. The van der Waals surface area contributed by atoms with Gasteiger partial charge in [-0.2, -0.15) is 0 Å². The zero-order chi connectivity index (χ0) is 13.8. The van der Waals surface area contributed by atoms with Gasteiger partial charge in [0.2, 0.25) is 5.91 Å². The van der Waals surface area contributed by atoms with E-state index in [-0.39, 0.29) is 5.91 Å². The van der Waals surface area contributed by atoms with Gasteiger partial charge in [0.15, 0.2) is 0 Å². The van der Waals surface area contributed by atoms with Crippen LogP contribution in [0.1, 0.15) is 38.3 Å². The summed E-state index contributed by atoms with van der Waals surface area (Å²) >= 11 is 0. The van der Waals surface area contributed by atoms with Crippen molar-refractivity contribution < 1.29 is 4.79 Å². The molecular formula is C16H24N2O. The van der Waals surface area contributed by atoms with E-state index in [9.17, 15) is 4.79 Å². The van der Waals surface area contributed by atoms with E-state index in [1.165, 1.54) is 11.1 Å². The molecule has 1 N–H and O–H groups in total. The third-order valence-electron chi connectivity index (χ3n) is 3.89. The molecule has 2 rings (SSSR count). The predicted molar refractivity (Wildman–Crippen MR) is 79.6 cm³/mol. The van der Waals surface area contributed by atoms with Crippen molar-refractivity contribution in [2.75, 3.05) is 18.0 Å². The molecule has 0 aliphatic carbocycles. The van der Waals surface area contributed by atoms with Crippen molar-refractivity contribution >= 4 is 11.6 Å². The zero-order valence-electron chi connectivity index (χ0n) is 12.2. The number of nitrogens with one attached hydrogen (secondary N) is 1. The number of carbonyl (C=O) groups excluding carboxylic acids is 1. The van der Waals surface area contributed by atoms with Crippen LogP contribution in [0, 0.1) is 0 Å². The molecule has 0 aromatic heterocycles. The lowest BCUT2D eigenvalue weighted by atomic mass is 10.0. The summed E-state index contributed by atoms with van der Waals surface area (Å²) in [5, 5.41) is 3.51. The average Bonchev–Trinajstić information content (AvgIpc) is 2.81. The lowest BCUT2D eigenvalue weighted by molar-refractivity contribution is -0.116. The highest BCUT2D eigenvalue weighted by molar-refractivity contribution is 5.93. The quantitative estimate of drug-likeness (QED) is 0.882. The van der Waals surface area contributed by atoms with Crippen LogP contribution < -0.4 is 10.2 Å². The molecule has 1 aliphatic rings. The number of rotatable bonds is 5. The zero-order valence-corrected chi connectivity index (χ0v) is 12.2. The molecule has 1 aliphatic heterocycles. The van der Waals surface area contributed by atoms with Gasteiger partial charge in [-0.05, 0) is 43.0 Å². The smallest absolute Gasteiger partial charge is 0.223 e. The number of amides is 1. The molecule has 0 saturated heterocycles. The number of nitrogens with zero attached hydrogens (tertiary/aromatic N) is 1. The van der Waals surface area contributed by atoms with Crippen molar-refractivity contribution in [3.8, 4) is 0 Å². The van der Waals surface area contributed by atoms with Gasteiger partial charge >= 0.3 is 0 Å². The topological polar surface area (TPSA) is 32.3 Å². The molecule has 1 aromatic rings.